The minimum Gasteiger partial charge on any atom is -0.446 e. The predicted molar refractivity (Wildman–Crippen MR) is 171 cm³/mol. The summed E-state index contributed by atoms with van der Waals surface area (Å²) in [5, 5.41) is 5.21. The molecule has 1 N–H and O–H groups in total. The van der Waals surface area contributed by atoms with E-state index >= 15 is 0 Å². The molecule has 0 radical (unpaired) electrons. The number of carbonyl (C=O) groups is 1. The van der Waals surface area contributed by atoms with Gasteiger partial charge in [-0.2, -0.15) is 0 Å². The Labute approximate surface area is 248 Å². The fourth-order valence-corrected chi connectivity index (χ4v) is 10.4. The van der Waals surface area contributed by atoms with Crippen LogP contribution in [0.4, 0.5) is 10.5 Å². The summed E-state index contributed by atoms with van der Waals surface area (Å²) in [5.41, 5.74) is 3.20. The largest absolute Gasteiger partial charge is 0.446 e. The highest BCUT2D eigenvalue weighted by molar-refractivity contribution is 6.00. The molecule has 8 atom stereocenters. The van der Waals surface area contributed by atoms with Crippen molar-refractivity contribution in [3.8, 4) is 0 Å². The first-order valence-corrected chi connectivity index (χ1v) is 16.8. The van der Waals surface area contributed by atoms with Gasteiger partial charge < -0.3 is 4.74 Å². The standard InChI is InChI=1S/C38H53NO2/c1-25(2)10-8-11-26(3)32-18-19-33-31-17-16-28-24-29(20-22-37(28,4)34(31)21-23-38(32,33)5)41-36(40)39-35-15-9-13-27-12-6-7-14-30(27)35/h6-7,9,12-16,25-26,29,31-34H,8,10-11,17-24H2,1-5H3,(H,39,40)/t26-,29-,31+,32-,33+,34+,37-,38+/m0/s1. The summed E-state index contributed by atoms with van der Waals surface area (Å²) in [6.07, 6.45) is 16.4. The van der Waals surface area contributed by atoms with Crippen LogP contribution < -0.4 is 5.32 Å². The zero-order valence-corrected chi connectivity index (χ0v) is 26.3. The van der Waals surface area contributed by atoms with Gasteiger partial charge in [0.2, 0.25) is 0 Å². The molecule has 3 nitrogen and oxygen atoms in total. The van der Waals surface area contributed by atoms with E-state index in [1.54, 1.807) is 5.57 Å². The number of anilines is 1. The summed E-state index contributed by atoms with van der Waals surface area (Å²) in [6, 6.07) is 14.2. The Morgan fingerprint density at radius 2 is 1.76 bits per heavy atom. The number of nitrogens with one attached hydrogen (secondary N) is 1. The molecule has 6 rings (SSSR count). The molecule has 3 saturated carbocycles. The average molecular weight is 556 g/mol. The first-order chi connectivity index (χ1) is 19.7. The molecule has 0 aromatic heterocycles. The van der Waals surface area contributed by atoms with Crippen molar-refractivity contribution in [1.29, 1.82) is 0 Å². The first-order valence-electron chi connectivity index (χ1n) is 16.8. The Morgan fingerprint density at radius 1 is 0.951 bits per heavy atom. The minimum absolute atomic E-state index is 0.0303. The van der Waals surface area contributed by atoms with Crippen LogP contribution in [0.2, 0.25) is 0 Å². The molecule has 3 heteroatoms. The van der Waals surface area contributed by atoms with Gasteiger partial charge in [-0.15, -0.1) is 0 Å². The lowest BCUT2D eigenvalue weighted by Crippen LogP contribution is -2.51. The SMILES string of the molecule is CC(C)CCC[C@H](C)[C@@H]1CC[C@@H]2[C@H]3CC=C4C[C@@H](OC(=O)Nc5cccc6ccccc56)CC[C@]4(C)[C@@H]3CC[C@@]21C. The lowest BCUT2D eigenvalue weighted by atomic mass is 9.47. The van der Waals surface area contributed by atoms with E-state index in [-0.39, 0.29) is 17.6 Å². The van der Waals surface area contributed by atoms with Crippen LogP contribution in [0, 0.1) is 46.3 Å². The van der Waals surface area contributed by atoms with Crippen LogP contribution in [0.3, 0.4) is 0 Å². The Morgan fingerprint density at radius 3 is 2.59 bits per heavy atom. The van der Waals surface area contributed by atoms with Crippen LogP contribution in [-0.4, -0.2) is 12.2 Å². The van der Waals surface area contributed by atoms with E-state index in [1.165, 1.54) is 51.4 Å². The van der Waals surface area contributed by atoms with E-state index in [9.17, 15) is 4.79 Å². The molecule has 0 heterocycles. The molecule has 0 aliphatic heterocycles. The van der Waals surface area contributed by atoms with Crippen molar-refractivity contribution >= 4 is 22.6 Å². The van der Waals surface area contributed by atoms with Gasteiger partial charge in [-0.05, 0) is 103 Å². The second-order valence-corrected chi connectivity index (χ2v) is 15.2. The van der Waals surface area contributed by atoms with Crippen LogP contribution in [0.5, 0.6) is 0 Å². The number of amides is 1. The number of rotatable bonds is 7. The molecular weight excluding hydrogens is 502 g/mol. The smallest absolute Gasteiger partial charge is 0.411 e. The molecule has 4 aliphatic carbocycles. The van der Waals surface area contributed by atoms with Gasteiger partial charge in [0, 0.05) is 11.8 Å². The van der Waals surface area contributed by atoms with Crippen LogP contribution in [0.1, 0.15) is 105 Å². The Bertz CT molecular complexity index is 1270. The first kappa shape index (κ1) is 28.8. The van der Waals surface area contributed by atoms with Gasteiger partial charge in [-0.25, -0.2) is 4.79 Å². The van der Waals surface area contributed by atoms with E-state index in [1.807, 2.05) is 24.3 Å². The van der Waals surface area contributed by atoms with Crippen molar-refractivity contribution in [2.24, 2.45) is 46.3 Å². The Balaban J connectivity index is 1.10. The maximum atomic E-state index is 13.0. The van der Waals surface area contributed by atoms with Crippen LogP contribution in [0.15, 0.2) is 54.1 Å². The summed E-state index contributed by atoms with van der Waals surface area (Å²) in [6.45, 7) is 12.6. The molecule has 0 saturated heterocycles. The number of ether oxygens (including phenoxy) is 1. The third-order valence-electron chi connectivity index (χ3n) is 12.6. The van der Waals surface area contributed by atoms with Gasteiger partial charge in [0.05, 0.1) is 5.69 Å². The average Bonchev–Trinajstić information content (AvgIpc) is 3.30. The van der Waals surface area contributed by atoms with E-state index in [0.717, 1.165) is 71.2 Å². The third-order valence-corrected chi connectivity index (χ3v) is 12.6. The monoisotopic (exact) mass is 555 g/mol. The van der Waals surface area contributed by atoms with Gasteiger partial charge in [0.25, 0.3) is 0 Å². The topological polar surface area (TPSA) is 38.3 Å². The molecule has 0 unspecified atom stereocenters. The van der Waals surface area contributed by atoms with E-state index in [0.29, 0.717) is 5.41 Å². The fourth-order valence-electron chi connectivity index (χ4n) is 10.4. The van der Waals surface area contributed by atoms with E-state index < -0.39 is 0 Å². The number of hydrogen-bond donors (Lipinski definition) is 1. The number of allylic oxidation sites excluding steroid dienone is 1. The van der Waals surface area contributed by atoms with Gasteiger partial charge in [0.1, 0.15) is 6.10 Å². The van der Waals surface area contributed by atoms with Crippen molar-refractivity contribution in [2.45, 2.75) is 111 Å². The lowest BCUT2D eigenvalue weighted by molar-refractivity contribution is -0.0577. The van der Waals surface area contributed by atoms with E-state index in [2.05, 4.69) is 64.2 Å². The summed E-state index contributed by atoms with van der Waals surface area (Å²) in [5.74, 6) is 5.10. The summed E-state index contributed by atoms with van der Waals surface area (Å²) >= 11 is 0. The molecule has 0 spiro atoms. The molecule has 4 aliphatic rings. The molecule has 41 heavy (non-hydrogen) atoms. The molecule has 222 valence electrons. The molecule has 3 fully saturated rings. The van der Waals surface area contributed by atoms with Gasteiger partial charge in [0.15, 0.2) is 0 Å². The second-order valence-electron chi connectivity index (χ2n) is 15.2. The zero-order valence-electron chi connectivity index (χ0n) is 26.3. The highest BCUT2D eigenvalue weighted by Crippen LogP contribution is 2.67. The highest BCUT2D eigenvalue weighted by Gasteiger charge is 2.59. The molecule has 2 aromatic rings. The lowest BCUT2D eigenvalue weighted by Gasteiger charge is -2.58. The highest BCUT2D eigenvalue weighted by atomic mass is 16.6. The maximum absolute atomic E-state index is 13.0. The van der Waals surface area contributed by atoms with Crippen molar-refractivity contribution < 1.29 is 9.53 Å². The molecule has 0 bridgehead atoms. The van der Waals surface area contributed by atoms with Gasteiger partial charge in [-0.1, -0.05) is 102 Å². The quantitative estimate of drug-likeness (QED) is 0.345. The number of hydrogen-bond acceptors (Lipinski definition) is 2. The predicted octanol–water partition coefficient (Wildman–Crippen LogP) is 10.8. The maximum Gasteiger partial charge on any atom is 0.411 e. The zero-order chi connectivity index (χ0) is 28.8. The van der Waals surface area contributed by atoms with Gasteiger partial charge in [-0.3, -0.25) is 5.32 Å². The number of fused-ring (bicyclic) bond motifs is 6. The molecule has 2 aromatic carbocycles. The third kappa shape index (κ3) is 5.36. The number of benzene rings is 2. The van der Waals surface area contributed by atoms with Crippen molar-refractivity contribution in [3.63, 3.8) is 0 Å². The van der Waals surface area contributed by atoms with Crippen LogP contribution in [0.25, 0.3) is 10.8 Å². The van der Waals surface area contributed by atoms with Crippen LogP contribution >= 0.6 is 0 Å². The Kier molecular flexibility index (Phi) is 8.02. The number of carbonyl (C=O) groups excluding carboxylic acids is 1. The van der Waals surface area contributed by atoms with Crippen molar-refractivity contribution in [2.75, 3.05) is 5.32 Å². The van der Waals surface area contributed by atoms with Crippen molar-refractivity contribution in [3.05, 3.63) is 54.1 Å². The van der Waals surface area contributed by atoms with Crippen molar-refractivity contribution in [1.82, 2.24) is 0 Å². The normalized spacial score (nSPS) is 35.3. The minimum atomic E-state index is -0.322. The van der Waals surface area contributed by atoms with Gasteiger partial charge >= 0.3 is 6.09 Å². The summed E-state index contributed by atoms with van der Waals surface area (Å²) < 4.78 is 6.06. The van der Waals surface area contributed by atoms with E-state index in [4.69, 9.17) is 4.74 Å². The summed E-state index contributed by atoms with van der Waals surface area (Å²) in [4.78, 5) is 13.0. The summed E-state index contributed by atoms with van der Waals surface area (Å²) in [7, 11) is 0. The fraction of sp³-hybridized carbons (Fsp3) is 0.658. The second kappa shape index (κ2) is 11.4. The molecular formula is C38H53NO2. The Hall–Kier alpha value is -2.29. The molecule has 1 amide bonds. The van der Waals surface area contributed by atoms with Crippen LogP contribution in [-0.2, 0) is 4.74 Å².